The molecule has 1 aromatic heterocycles. The van der Waals surface area contributed by atoms with E-state index in [1.165, 1.54) is 24.5 Å². The smallest absolute Gasteiger partial charge is 0.291 e. The standard InChI is InChI=1S/C16H13ClN2O5/c17-11-5-3-10(4-6-11)8-12(15(22)18-9-14(20)21)19-16(23)13-2-1-7-24-13/h1-8H,9H2,(H,18,22)(H,19,23)(H,20,21)/p-1/b12-8-. The van der Waals surface area contributed by atoms with E-state index in [0.29, 0.717) is 10.6 Å². The Morgan fingerprint density at radius 3 is 2.46 bits per heavy atom. The van der Waals surface area contributed by atoms with Crippen molar-refractivity contribution in [1.29, 1.82) is 0 Å². The number of halogens is 1. The second-order valence-corrected chi connectivity index (χ2v) is 5.03. The number of benzene rings is 1. The van der Waals surface area contributed by atoms with Crippen molar-refractivity contribution in [3.8, 4) is 0 Å². The average molecular weight is 348 g/mol. The van der Waals surface area contributed by atoms with Crippen molar-refractivity contribution in [2.75, 3.05) is 6.54 Å². The fourth-order valence-electron chi connectivity index (χ4n) is 1.72. The summed E-state index contributed by atoms with van der Waals surface area (Å²) in [6, 6.07) is 9.43. The molecule has 7 nitrogen and oxygen atoms in total. The van der Waals surface area contributed by atoms with Gasteiger partial charge in [-0.1, -0.05) is 23.7 Å². The molecule has 0 radical (unpaired) electrons. The molecule has 0 atom stereocenters. The Kier molecular flexibility index (Phi) is 5.75. The predicted octanol–water partition coefficient (Wildman–Crippen LogP) is 0.570. The molecule has 0 bridgehead atoms. The van der Waals surface area contributed by atoms with Gasteiger partial charge in [-0.05, 0) is 35.9 Å². The molecule has 0 spiro atoms. The summed E-state index contributed by atoms with van der Waals surface area (Å²) in [5.41, 5.74) is 0.428. The summed E-state index contributed by atoms with van der Waals surface area (Å²) in [4.78, 5) is 34.6. The molecule has 0 aliphatic carbocycles. The first-order valence-corrected chi connectivity index (χ1v) is 7.13. The number of nitrogens with one attached hydrogen (secondary N) is 2. The molecule has 2 amide bonds. The van der Waals surface area contributed by atoms with E-state index in [4.69, 9.17) is 16.0 Å². The number of carbonyl (C=O) groups is 3. The van der Waals surface area contributed by atoms with Gasteiger partial charge in [0.15, 0.2) is 5.76 Å². The maximum absolute atomic E-state index is 12.1. The third kappa shape index (κ3) is 4.99. The lowest BCUT2D eigenvalue weighted by Gasteiger charge is -2.10. The minimum absolute atomic E-state index is 0.00436. The maximum atomic E-state index is 12.1. The number of amides is 2. The number of carboxylic acids is 1. The number of carbonyl (C=O) groups excluding carboxylic acids is 3. The van der Waals surface area contributed by atoms with E-state index in [9.17, 15) is 19.5 Å². The second-order valence-electron chi connectivity index (χ2n) is 4.60. The van der Waals surface area contributed by atoms with Crippen LogP contribution in [0.5, 0.6) is 0 Å². The maximum Gasteiger partial charge on any atom is 0.291 e. The van der Waals surface area contributed by atoms with Crippen LogP contribution >= 0.6 is 11.6 Å². The molecule has 0 aliphatic heterocycles. The molecule has 2 aromatic rings. The van der Waals surface area contributed by atoms with Crippen molar-refractivity contribution in [2.24, 2.45) is 0 Å². The van der Waals surface area contributed by atoms with E-state index >= 15 is 0 Å². The van der Waals surface area contributed by atoms with Crippen LogP contribution in [0.2, 0.25) is 5.02 Å². The van der Waals surface area contributed by atoms with Gasteiger partial charge in [0, 0.05) is 5.02 Å². The lowest BCUT2D eigenvalue weighted by Crippen LogP contribution is -2.41. The first-order valence-electron chi connectivity index (χ1n) is 6.76. The topological polar surface area (TPSA) is 111 Å². The highest BCUT2D eigenvalue weighted by Crippen LogP contribution is 2.12. The van der Waals surface area contributed by atoms with Gasteiger partial charge in [0.05, 0.1) is 18.8 Å². The Balaban J connectivity index is 2.23. The summed E-state index contributed by atoms with van der Waals surface area (Å²) in [7, 11) is 0. The zero-order chi connectivity index (χ0) is 17.5. The second kappa shape index (κ2) is 7.98. The number of furan rings is 1. The number of rotatable bonds is 6. The van der Waals surface area contributed by atoms with Gasteiger partial charge >= 0.3 is 0 Å². The van der Waals surface area contributed by atoms with Crippen LogP contribution in [0.15, 0.2) is 52.8 Å². The summed E-state index contributed by atoms with van der Waals surface area (Å²) in [5, 5.41) is 15.5. The van der Waals surface area contributed by atoms with E-state index in [1.54, 1.807) is 24.3 Å². The molecular weight excluding hydrogens is 336 g/mol. The quantitative estimate of drug-likeness (QED) is 0.742. The predicted molar refractivity (Wildman–Crippen MR) is 83.6 cm³/mol. The van der Waals surface area contributed by atoms with Gasteiger partial charge in [-0.25, -0.2) is 0 Å². The van der Waals surface area contributed by atoms with Crippen LogP contribution in [0, 0.1) is 0 Å². The highest BCUT2D eigenvalue weighted by atomic mass is 35.5. The highest BCUT2D eigenvalue weighted by molar-refractivity contribution is 6.30. The molecule has 124 valence electrons. The van der Waals surface area contributed by atoms with Crippen LogP contribution in [0.3, 0.4) is 0 Å². The molecule has 0 fully saturated rings. The number of aliphatic carboxylic acids is 1. The monoisotopic (exact) mass is 347 g/mol. The highest BCUT2D eigenvalue weighted by Gasteiger charge is 2.16. The van der Waals surface area contributed by atoms with Crippen molar-refractivity contribution in [2.45, 2.75) is 0 Å². The van der Waals surface area contributed by atoms with Crippen LogP contribution < -0.4 is 15.7 Å². The van der Waals surface area contributed by atoms with E-state index in [-0.39, 0.29) is 11.5 Å². The summed E-state index contributed by atoms with van der Waals surface area (Å²) >= 11 is 5.79. The first-order chi connectivity index (χ1) is 11.5. The van der Waals surface area contributed by atoms with Crippen molar-refractivity contribution in [3.63, 3.8) is 0 Å². The molecule has 0 saturated heterocycles. The van der Waals surface area contributed by atoms with Gasteiger partial charge in [-0.3, -0.25) is 9.59 Å². The fraction of sp³-hybridized carbons (Fsp3) is 0.0625. The van der Waals surface area contributed by atoms with Crippen molar-refractivity contribution in [3.05, 3.63) is 64.7 Å². The Bertz CT molecular complexity index is 766. The molecule has 1 aromatic carbocycles. The first kappa shape index (κ1) is 17.3. The SMILES string of the molecule is O=C([O-])CNC(=O)/C(=C/c1ccc(Cl)cc1)NC(=O)c1ccco1. The van der Waals surface area contributed by atoms with Crippen LogP contribution in [0.4, 0.5) is 0 Å². The van der Waals surface area contributed by atoms with Gasteiger partial charge in [-0.15, -0.1) is 0 Å². The summed E-state index contributed by atoms with van der Waals surface area (Å²) < 4.78 is 4.95. The summed E-state index contributed by atoms with van der Waals surface area (Å²) in [6.07, 6.45) is 2.69. The van der Waals surface area contributed by atoms with Crippen LogP contribution in [0.1, 0.15) is 16.1 Å². The fourth-order valence-corrected chi connectivity index (χ4v) is 1.85. The molecule has 2 rings (SSSR count). The molecule has 8 heteroatoms. The Morgan fingerprint density at radius 1 is 1.17 bits per heavy atom. The van der Waals surface area contributed by atoms with Gasteiger partial charge < -0.3 is 25.0 Å². The van der Waals surface area contributed by atoms with E-state index < -0.39 is 24.3 Å². The number of hydrogen-bond acceptors (Lipinski definition) is 5. The summed E-state index contributed by atoms with van der Waals surface area (Å²) in [6.45, 7) is -0.687. The molecule has 1 heterocycles. The molecular formula is C16H12ClN2O5-. The molecule has 2 N–H and O–H groups in total. The lowest BCUT2D eigenvalue weighted by molar-refractivity contribution is -0.303. The van der Waals surface area contributed by atoms with Crippen LogP contribution in [0.25, 0.3) is 6.08 Å². The molecule has 0 unspecified atom stereocenters. The Hall–Kier alpha value is -3.06. The normalized spacial score (nSPS) is 11.0. The van der Waals surface area contributed by atoms with E-state index in [1.807, 2.05) is 0 Å². The van der Waals surface area contributed by atoms with Crippen molar-refractivity contribution in [1.82, 2.24) is 10.6 Å². The number of hydrogen-bond donors (Lipinski definition) is 2. The minimum Gasteiger partial charge on any atom is -0.548 e. The molecule has 24 heavy (non-hydrogen) atoms. The third-order valence-corrected chi connectivity index (χ3v) is 3.06. The Morgan fingerprint density at radius 2 is 1.88 bits per heavy atom. The van der Waals surface area contributed by atoms with Gasteiger partial charge in [0.1, 0.15) is 5.70 Å². The van der Waals surface area contributed by atoms with Crippen LogP contribution in [-0.4, -0.2) is 24.3 Å². The zero-order valence-electron chi connectivity index (χ0n) is 12.2. The number of carboxylic acid groups (broad SMARTS) is 1. The summed E-state index contributed by atoms with van der Waals surface area (Å²) in [5.74, 6) is -2.88. The lowest BCUT2D eigenvalue weighted by atomic mass is 10.2. The van der Waals surface area contributed by atoms with Gasteiger partial charge in [0.25, 0.3) is 11.8 Å². The van der Waals surface area contributed by atoms with Crippen molar-refractivity contribution < 1.29 is 23.9 Å². The van der Waals surface area contributed by atoms with Gasteiger partial charge in [0.2, 0.25) is 0 Å². The van der Waals surface area contributed by atoms with Crippen LogP contribution in [-0.2, 0) is 9.59 Å². The zero-order valence-corrected chi connectivity index (χ0v) is 13.0. The van der Waals surface area contributed by atoms with Crippen molar-refractivity contribution >= 4 is 35.5 Å². The van der Waals surface area contributed by atoms with Gasteiger partial charge in [-0.2, -0.15) is 0 Å². The minimum atomic E-state index is -1.45. The third-order valence-electron chi connectivity index (χ3n) is 2.81. The largest absolute Gasteiger partial charge is 0.548 e. The average Bonchev–Trinajstić information content (AvgIpc) is 3.08. The molecule has 0 saturated carbocycles. The van der Waals surface area contributed by atoms with E-state index in [2.05, 4.69) is 10.6 Å². The van der Waals surface area contributed by atoms with E-state index in [0.717, 1.165) is 0 Å². The Labute approximate surface area is 141 Å². The molecule has 0 aliphatic rings.